The fourth-order valence-corrected chi connectivity index (χ4v) is 12.6. The number of hydrogen-bond donors (Lipinski definition) is 1. The number of ether oxygens (including phenoxy) is 1. The van der Waals surface area contributed by atoms with Crippen LogP contribution in [0.2, 0.25) is 0 Å². The van der Waals surface area contributed by atoms with Gasteiger partial charge in [0.2, 0.25) is 29.5 Å². The molecule has 7 aliphatic rings. The van der Waals surface area contributed by atoms with Crippen LogP contribution < -0.4 is 15.1 Å². The number of carbonyl (C=O) groups is 7. The standard InChI is InChI=1S/C55H59F2N11O8/c1-32(69)64-18-11-45-43(30-64)51(60-68(45)35-12-23-76-24-13-35)66-15-2-3-34-25-38(39(50(56)57)27-47(34)66)42-29-65(44-8-14-58-28-41(42)44)31-49(71)62-16-9-33(10-17-62)53(73)63-21-19-61(20-22-63)36-4-5-37-40(26-36)55(75)67(54(37)74)46-6-7-48(70)59-52(46)72/h4-5,8,14,25-29,33,35,46,50H,2-3,6-7,9-13,15-24,30-31H2,1H3,(H,59,70,72). The lowest BCUT2D eigenvalue weighted by atomic mass is 9.91. The van der Waals surface area contributed by atoms with Gasteiger partial charge in [0.05, 0.1) is 29.2 Å². The van der Waals surface area contributed by atoms with Crippen molar-refractivity contribution in [3.8, 4) is 11.1 Å². The summed E-state index contributed by atoms with van der Waals surface area (Å²) in [6, 6.07) is 9.40. The van der Waals surface area contributed by atoms with E-state index in [9.17, 15) is 33.6 Å². The van der Waals surface area contributed by atoms with Gasteiger partial charge in [0.15, 0.2) is 5.82 Å². The van der Waals surface area contributed by atoms with Crippen molar-refractivity contribution >= 4 is 69.4 Å². The van der Waals surface area contributed by atoms with Gasteiger partial charge in [-0.3, -0.25) is 53.4 Å². The summed E-state index contributed by atoms with van der Waals surface area (Å²) in [6.07, 6.45) is 7.11. The minimum Gasteiger partial charge on any atom is -0.381 e. The lowest BCUT2D eigenvalue weighted by molar-refractivity contribution is -0.141. The van der Waals surface area contributed by atoms with Gasteiger partial charge in [0, 0.05) is 149 Å². The van der Waals surface area contributed by atoms with Crippen LogP contribution in [0.5, 0.6) is 0 Å². The van der Waals surface area contributed by atoms with Gasteiger partial charge in [-0.25, -0.2) is 8.78 Å². The first-order valence-electron chi connectivity index (χ1n) is 26.6. The van der Waals surface area contributed by atoms with Gasteiger partial charge in [-0.1, -0.05) is 0 Å². The molecule has 0 bridgehead atoms. The number of imide groups is 2. The predicted molar refractivity (Wildman–Crippen MR) is 273 cm³/mol. The maximum Gasteiger partial charge on any atom is 0.264 e. The Morgan fingerprint density at radius 2 is 1.57 bits per heavy atom. The first-order valence-corrected chi connectivity index (χ1v) is 26.6. The molecule has 4 fully saturated rings. The summed E-state index contributed by atoms with van der Waals surface area (Å²) in [4.78, 5) is 106. The van der Waals surface area contributed by atoms with E-state index in [0.717, 1.165) is 46.7 Å². The van der Waals surface area contributed by atoms with Gasteiger partial charge in [0.1, 0.15) is 12.6 Å². The molecule has 0 spiro atoms. The van der Waals surface area contributed by atoms with Gasteiger partial charge >= 0.3 is 0 Å². The second kappa shape index (κ2) is 19.9. The monoisotopic (exact) mass is 1040 g/mol. The van der Waals surface area contributed by atoms with E-state index in [1.54, 1.807) is 60.7 Å². The Bertz CT molecular complexity index is 3220. The zero-order valence-corrected chi connectivity index (χ0v) is 42.3. The van der Waals surface area contributed by atoms with Crippen molar-refractivity contribution in [1.82, 2.24) is 44.2 Å². The zero-order valence-electron chi connectivity index (χ0n) is 42.3. The highest BCUT2D eigenvalue weighted by atomic mass is 19.3. The summed E-state index contributed by atoms with van der Waals surface area (Å²) in [6.45, 7) is 7.09. The first-order chi connectivity index (χ1) is 36.8. The quantitative estimate of drug-likeness (QED) is 0.191. The van der Waals surface area contributed by atoms with E-state index in [-0.39, 0.29) is 65.8 Å². The van der Waals surface area contributed by atoms with Crippen LogP contribution in [0.15, 0.2) is 55.0 Å². The van der Waals surface area contributed by atoms with E-state index in [2.05, 4.69) is 24.8 Å². The fraction of sp³-hybridized carbons (Fsp3) is 0.473. The number of piperazine rings is 1. The molecule has 1 unspecified atom stereocenters. The number of rotatable bonds is 9. The fourth-order valence-electron chi connectivity index (χ4n) is 12.6. The van der Waals surface area contributed by atoms with Crippen molar-refractivity contribution in [1.29, 1.82) is 0 Å². The van der Waals surface area contributed by atoms with Gasteiger partial charge in [0.25, 0.3) is 18.2 Å². The van der Waals surface area contributed by atoms with Crippen LogP contribution in [0.25, 0.3) is 22.0 Å². The van der Waals surface area contributed by atoms with E-state index in [1.165, 1.54) is 0 Å². The van der Waals surface area contributed by atoms with Crippen molar-refractivity contribution in [3.05, 3.63) is 88.5 Å². The number of anilines is 3. The molecule has 0 saturated carbocycles. The predicted octanol–water partition coefficient (Wildman–Crippen LogP) is 5.17. The maximum atomic E-state index is 15.5. The zero-order chi connectivity index (χ0) is 52.5. The topological polar surface area (TPSA) is 196 Å². The molecule has 10 heterocycles. The number of nitrogens with zero attached hydrogens (tertiary/aromatic N) is 10. The molecule has 0 aliphatic carbocycles. The van der Waals surface area contributed by atoms with Crippen LogP contribution in [0.4, 0.5) is 26.0 Å². The molecule has 7 aliphatic heterocycles. The third-order valence-corrected chi connectivity index (χ3v) is 16.8. The average Bonchev–Trinajstić information content (AvgIpc) is 4.11. The smallest absolute Gasteiger partial charge is 0.264 e. The van der Waals surface area contributed by atoms with Crippen LogP contribution in [0, 0.1) is 5.92 Å². The number of aryl methyl sites for hydroxylation is 1. The molecule has 19 nitrogen and oxygen atoms in total. The molecule has 1 N–H and O–H groups in total. The number of benzene rings is 2. The molecule has 4 saturated heterocycles. The summed E-state index contributed by atoms with van der Waals surface area (Å²) in [5.74, 6) is -1.92. The molecule has 3 aromatic heterocycles. The average molecular weight is 1040 g/mol. The largest absolute Gasteiger partial charge is 0.381 e. The Morgan fingerprint density at radius 1 is 0.789 bits per heavy atom. The molecule has 0 radical (unpaired) electrons. The number of aromatic nitrogens is 4. The summed E-state index contributed by atoms with van der Waals surface area (Å²) in [5.41, 5.74) is 6.29. The Hall–Kier alpha value is -7.55. The molecule has 21 heteroatoms. The minimum absolute atomic E-state index is 0.0168. The molecule has 5 aromatic rings. The summed E-state index contributed by atoms with van der Waals surface area (Å²) < 4.78 is 40.7. The molecular weight excluding hydrogens is 981 g/mol. The second-order valence-corrected chi connectivity index (χ2v) is 21.1. The number of halogens is 2. The number of amides is 7. The van der Waals surface area contributed by atoms with Crippen molar-refractivity contribution < 1.29 is 47.1 Å². The number of hydrogen-bond acceptors (Lipinski definition) is 12. The van der Waals surface area contributed by atoms with E-state index in [0.29, 0.717) is 131 Å². The number of alkyl halides is 2. The number of pyridine rings is 1. The lowest BCUT2D eigenvalue weighted by Gasteiger charge is -2.39. The third kappa shape index (κ3) is 8.74. The van der Waals surface area contributed by atoms with Gasteiger partial charge in [-0.05, 0) is 92.5 Å². The highest BCUT2D eigenvalue weighted by Crippen LogP contribution is 2.45. The molecule has 1 atom stereocenters. The Balaban J connectivity index is 0.712. The van der Waals surface area contributed by atoms with Crippen LogP contribution in [-0.2, 0) is 54.6 Å². The van der Waals surface area contributed by atoms with Crippen LogP contribution in [-0.4, -0.2) is 152 Å². The molecule has 396 valence electrons. The Morgan fingerprint density at radius 3 is 2.32 bits per heavy atom. The van der Waals surface area contributed by atoms with E-state index < -0.39 is 36.1 Å². The molecule has 76 heavy (non-hydrogen) atoms. The molecule has 12 rings (SSSR count). The molecular formula is C55H59F2N11O8. The Labute approximate surface area is 436 Å². The number of carbonyl (C=O) groups excluding carboxylic acids is 7. The van der Waals surface area contributed by atoms with Crippen molar-refractivity contribution in [3.63, 3.8) is 0 Å². The molecule has 2 aromatic carbocycles. The van der Waals surface area contributed by atoms with Gasteiger partial charge in [-0.2, -0.15) is 5.10 Å². The normalized spacial score (nSPS) is 20.7. The third-order valence-electron chi connectivity index (χ3n) is 16.8. The van der Waals surface area contributed by atoms with E-state index in [4.69, 9.17) is 9.84 Å². The SMILES string of the molecule is CC(=O)N1CCc2c(c(N3CCCc4cc(-c5cn(CC(=O)N6CCC(C(=O)N7CCN(c8ccc9c(c8)C(=O)N(C8CCC(=O)NC8=O)C9=O)CC7)CC6)c6ccncc56)c(C(F)F)cc43)nn2C2CCOCC2)C1. The van der Waals surface area contributed by atoms with Crippen LogP contribution in [0.3, 0.4) is 0 Å². The van der Waals surface area contributed by atoms with Gasteiger partial charge in [-0.15, -0.1) is 0 Å². The number of nitrogens with one attached hydrogen (secondary N) is 1. The number of likely N-dealkylation sites (tertiary alicyclic amines) is 1. The van der Waals surface area contributed by atoms with E-state index in [1.807, 2.05) is 20.4 Å². The Kier molecular flexibility index (Phi) is 12.9. The summed E-state index contributed by atoms with van der Waals surface area (Å²) in [7, 11) is 0. The van der Waals surface area contributed by atoms with Crippen molar-refractivity contribution in [2.45, 2.75) is 96.3 Å². The number of piperidine rings is 2. The highest BCUT2D eigenvalue weighted by Gasteiger charge is 2.45. The summed E-state index contributed by atoms with van der Waals surface area (Å²) >= 11 is 0. The second-order valence-electron chi connectivity index (χ2n) is 21.1. The maximum absolute atomic E-state index is 15.5. The van der Waals surface area contributed by atoms with E-state index >= 15 is 8.78 Å². The van der Waals surface area contributed by atoms with Crippen molar-refractivity contribution in [2.24, 2.45) is 5.92 Å². The highest BCUT2D eigenvalue weighted by molar-refractivity contribution is 6.23. The van der Waals surface area contributed by atoms with Crippen LogP contribution in [0.1, 0.15) is 107 Å². The first kappa shape index (κ1) is 49.3. The number of fused-ring (bicyclic) bond motifs is 4. The lowest BCUT2D eigenvalue weighted by Crippen LogP contribution is -2.54. The van der Waals surface area contributed by atoms with Gasteiger partial charge < -0.3 is 33.8 Å². The summed E-state index contributed by atoms with van der Waals surface area (Å²) in [5, 5.41) is 8.10. The minimum atomic E-state index is -2.82. The molecule has 7 amide bonds. The van der Waals surface area contributed by atoms with Crippen LogP contribution >= 0.6 is 0 Å². The van der Waals surface area contributed by atoms with Crippen molar-refractivity contribution in [2.75, 3.05) is 75.4 Å².